The van der Waals surface area contributed by atoms with E-state index in [4.69, 9.17) is 0 Å². The molecular weight excluding hydrogens is 535 g/mol. The Morgan fingerprint density at radius 1 is 0.581 bits per heavy atom. The van der Waals surface area contributed by atoms with Gasteiger partial charge in [-0.2, -0.15) is 0 Å². The number of carboxylic acids is 2. The van der Waals surface area contributed by atoms with Crippen LogP contribution in [0.1, 0.15) is 90.9 Å². The monoisotopic (exact) mass is 588 g/mol. The van der Waals surface area contributed by atoms with Gasteiger partial charge in [0.2, 0.25) is 0 Å². The molecule has 0 aliphatic heterocycles. The number of aliphatic carboxylic acids is 2. The Morgan fingerprint density at radius 3 is 1.10 bits per heavy atom. The summed E-state index contributed by atoms with van der Waals surface area (Å²) in [7, 11) is -0.604. The van der Waals surface area contributed by atoms with Crippen molar-refractivity contribution >= 4 is 54.9 Å². The molecular formula is C24H52O4S2Sn. The van der Waals surface area contributed by atoms with Crippen molar-refractivity contribution in [2.45, 2.75) is 99.8 Å². The maximum absolute atomic E-state index is 9.71. The third-order valence-electron chi connectivity index (χ3n) is 4.30. The number of carboxylic acid groups (broad SMARTS) is 2. The minimum Gasteiger partial charge on any atom is -0.549 e. The van der Waals surface area contributed by atoms with Crippen LogP contribution in [-0.2, 0) is 9.59 Å². The Morgan fingerprint density at radius 2 is 0.871 bits per heavy atom. The molecule has 0 aromatic carbocycles. The Bertz CT molecular complexity index is 347. The van der Waals surface area contributed by atoms with E-state index in [0.29, 0.717) is 0 Å². The van der Waals surface area contributed by atoms with E-state index in [0.717, 1.165) is 0 Å². The average molecular weight is 588 g/mol. The second-order valence-electron chi connectivity index (χ2n) is 8.51. The summed E-state index contributed by atoms with van der Waals surface area (Å²) in [5.74, 6) is -1.41. The van der Waals surface area contributed by atoms with Crippen molar-refractivity contribution in [1.82, 2.24) is 0 Å². The number of hydrogen-bond donors (Lipinski definition) is 2. The fraction of sp³-hybridized carbons (Fsp3) is 0.917. The van der Waals surface area contributed by atoms with Gasteiger partial charge < -0.3 is 19.8 Å². The van der Waals surface area contributed by atoms with E-state index in [2.05, 4.69) is 13.8 Å². The van der Waals surface area contributed by atoms with Gasteiger partial charge in [-0.3, -0.25) is 21.8 Å². The Hall–Kier alpha value is 0.439. The van der Waals surface area contributed by atoms with Crippen LogP contribution in [0.2, 0.25) is 8.87 Å². The van der Waals surface area contributed by atoms with Crippen LogP contribution in [-0.4, -0.2) is 69.6 Å². The molecule has 0 spiro atoms. The van der Waals surface area contributed by atoms with Crippen LogP contribution in [0.25, 0.3) is 0 Å². The van der Waals surface area contributed by atoms with E-state index in [-0.39, 0.29) is 54.4 Å². The molecule has 0 aromatic rings. The minimum absolute atomic E-state index is 0.0736. The fourth-order valence-electron chi connectivity index (χ4n) is 2.70. The van der Waals surface area contributed by atoms with Crippen molar-refractivity contribution < 1.29 is 19.8 Å². The van der Waals surface area contributed by atoms with Crippen LogP contribution in [0.3, 0.4) is 0 Å². The molecule has 188 valence electrons. The molecule has 0 unspecified atom stereocenters. The maximum atomic E-state index is 9.71. The van der Waals surface area contributed by atoms with Crippen LogP contribution < -0.4 is 10.2 Å². The maximum Gasteiger partial charge on any atom is 0.0496 e. The number of rotatable bonds is 18. The van der Waals surface area contributed by atoms with Gasteiger partial charge in [0.15, 0.2) is 0 Å². The predicted octanol–water partition coefficient (Wildman–Crippen LogP) is 4.24. The molecule has 0 rings (SSSR count). The first-order valence-electron chi connectivity index (χ1n) is 12.1. The van der Waals surface area contributed by atoms with Gasteiger partial charge in [0.1, 0.15) is 0 Å². The quantitative estimate of drug-likeness (QED) is 0.143. The first-order valence-corrected chi connectivity index (χ1v) is 20.9. The first kappa shape index (κ1) is 36.0. The zero-order valence-electron chi connectivity index (χ0n) is 21.3. The third kappa shape index (κ3) is 48.9. The van der Waals surface area contributed by atoms with Crippen molar-refractivity contribution in [2.24, 2.45) is 0 Å². The Balaban J connectivity index is -0.000000460. The summed E-state index contributed by atoms with van der Waals surface area (Å²) in [5, 5.41) is 19.4. The van der Waals surface area contributed by atoms with Gasteiger partial charge in [0.25, 0.3) is 0 Å². The van der Waals surface area contributed by atoms with E-state index >= 15 is 0 Å². The van der Waals surface area contributed by atoms with Gasteiger partial charge in [0, 0.05) is 23.4 Å². The van der Waals surface area contributed by atoms with E-state index < -0.39 is 11.9 Å². The Labute approximate surface area is 210 Å². The molecule has 31 heavy (non-hydrogen) atoms. The number of carbonyl (C=O) groups excluding carboxylic acids is 2. The van der Waals surface area contributed by atoms with Crippen LogP contribution >= 0.6 is 21.8 Å². The van der Waals surface area contributed by atoms with Crippen LogP contribution in [0.15, 0.2) is 0 Å². The minimum atomic E-state index is -0.934. The molecule has 0 aromatic heterocycles. The largest absolute Gasteiger partial charge is 0.549 e. The van der Waals surface area contributed by atoms with Crippen molar-refractivity contribution in [2.75, 3.05) is 36.5 Å². The molecule has 7 heteroatoms. The first-order chi connectivity index (χ1) is 14.7. The summed E-state index contributed by atoms with van der Waals surface area (Å²) < 4.78 is 3.31. The average Bonchev–Trinajstić information content (AvgIpc) is 2.64. The molecule has 0 fully saturated rings. The van der Waals surface area contributed by atoms with Gasteiger partial charge in [-0.1, -0.05) is 0 Å². The SMILES string of the molecule is CCCCCCC[CH2][Sn+2][CH2]CCCCCCC.C[SH](C)CC(=O)[O-].C[SH](C)CC(=O)[O-]. The van der Waals surface area contributed by atoms with Crippen molar-refractivity contribution in [1.29, 1.82) is 0 Å². The van der Waals surface area contributed by atoms with Gasteiger partial charge in [0.05, 0.1) is 0 Å². The molecule has 0 aliphatic carbocycles. The third-order valence-corrected chi connectivity index (χ3v) is 10.1. The molecule has 4 nitrogen and oxygen atoms in total. The molecule has 0 heterocycles. The zero-order chi connectivity index (χ0) is 24.3. The number of unbranched alkanes of at least 4 members (excludes halogenated alkanes) is 10. The summed E-state index contributed by atoms with van der Waals surface area (Å²) in [6.07, 6.45) is 25.5. The van der Waals surface area contributed by atoms with E-state index in [1.807, 2.05) is 25.0 Å². The van der Waals surface area contributed by atoms with Gasteiger partial charge in [-0.25, -0.2) is 0 Å². The number of thiol groups is 2. The van der Waals surface area contributed by atoms with Crippen LogP contribution in [0, 0.1) is 0 Å². The van der Waals surface area contributed by atoms with E-state index in [1.165, 1.54) is 64.2 Å². The van der Waals surface area contributed by atoms with Gasteiger partial charge >= 0.3 is 121 Å². The topological polar surface area (TPSA) is 80.3 Å². The molecule has 0 saturated heterocycles. The van der Waals surface area contributed by atoms with E-state index in [9.17, 15) is 19.8 Å². The van der Waals surface area contributed by atoms with Crippen molar-refractivity contribution in [3.05, 3.63) is 0 Å². The van der Waals surface area contributed by atoms with Crippen molar-refractivity contribution in [3.8, 4) is 0 Å². The zero-order valence-corrected chi connectivity index (χ0v) is 26.0. The van der Waals surface area contributed by atoms with Crippen molar-refractivity contribution in [3.63, 3.8) is 0 Å². The molecule has 0 bridgehead atoms. The molecule has 0 saturated carbocycles. The Kier molecular flexibility index (Phi) is 35.4. The van der Waals surface area contributed by atoms with Crippen LogP contribution in [0.5, 0.6) is 0 Å². The van der Waals surface area contributed by atoms with Crippen LogP contribution in [0.4, 0.5) is 0 Å². The summed E-state index contributed by atoms with van der Waals surface area (Å²) in [6.45, 7) is 4.60. The fourth-order valence-corrected chi connectivity index (χ4v) is 7.30. The van der Waals surface area contributed by atoms with Gasteiger partial charge in [-0.05, 0) is 25.0 Å². The standard InChI is InChI=1S/2C8H17.2C4H10O2S.Sn/c2*1-3-5-7-8-6-4-2;2*1-7(2)3-4(5)6;/h2*1,3-8H2,2H3;2*7H,3H2,1-2H3,(H,5,6);/q;;;;+2/p-2. The second kappa shape index (κ2) is 30.4. The molecule has 0 amide bonds. The summed E-state index contributed by atoms with van der Waals surface area (Å²) >= 11 is 0.0736. The summed E-state index contributed by atoms with van der Waals surface area (Å²) in [6, 6.07) is 0. The number of hydrogen-bond acceptors (Lipinski definition) is 4. The smallest absolute Gasteiger partial charge is 0.0496 e. The molecule has 0 aliphatic rings. The molecule has 0 atom stereocenters. The number of carbonyl (C=O) groups is 2. The summed E-state index contributed by atoms with van der Waals surface area (Å²) in [4.78, 5) is 19.4. The normalized spacial score (nSPS) is 10.6. The second-order valence-corrected chi connectivity index (χ2v) is 17.7. The predicted molar refractivity (Wildman–Crippen MR) is 144 cm³/mol. The summed E-state index contributed by atoms with van der Waals surface area (Å²) in [5.41, 5.74) is 0. The van der Waals surface area contributed by atoms with E-state index in [1.54, 1.807) is 21.7 Å². The molecule has 0 N–H and O–H groups in total. The molecule has 0 radical (unpaired) electrons. The van der Waals surface area contributed by atoms with Gasteiger partial charge in [-0.15, -0.1) is 0 Å².